The van der Waals surface area contributed by atoms with Crippen molar-refractivity contribution in [3.8, 4) is 0 Å². The number of aliphatic hydroxyl groups excluding tert-OH is 1. The van der Waals surface area contributed by atoms with Crippen molar-refractivity contribution in [2.24, 2.45) is 0 Å². The first kappa shape index (κ1) is 15.1. The summed E-state index contributed by atoms with van der Waals surface area (Å²) >= 11 is 1.54. The summed E-state index contributed by atoms with van der Waals surface area (Å²) in [6, 6.07) is 14.0. The number of hydrogen-bond donors (Lipinski definition) is 2. The standard InChI is InChI=1S/C18H19NO2S/c1-3-12-5-7-13(8-6-12)17-16(20)18(21)19-14-9-4-11(2)10-15(14)22-17/h4-10,16-17,20H,3H2,1-2H3,(H,19,21)/t16-,17+/m0/s1. The molecule has 1 amide bonds. The van der Waals surface area contributed by atoms with E-state index in [9.17, 15) is 9.90 Å². The minimum Gasteiger partial charge on any atom is -0.382 e. The predicted octanol–water partition coefficient (Wildman–Crippen LogP) is 3.70. The Morgan fingerprint density at radius 3 is 2.59 bits per heavy atom. The number of rotatable bonds is 2. The fourth-order valence-corrected chi connectivity index (χ4v) is 3.89. The van der Waals surface area contributed by atoms with E-state index in [1.165, 1.54) is 17.3 Å². The van der Waals surface area contributed by atoms with E-state index in [1.54, 1.807) is 0 Å². The molecule has 0 unspecified atom stereocenters. The van der Waals surface area contributed by atoms with E-state index in [0.717, 1.165) is 28.1 Å². The summed E-state index contributed by atoms with van der Waals surface area (Å²) in [6.07, 6.45) is -0.0893. The van der Waals surface area contributed by atoms with Gasteiger partial charge in [0.05, 0.1) is 10.9 Å². The molecule has 0 bridgehead atoms. The number of aryl methyl sites for hydroxylation is 2. The molecular formula is C18H19NO2S. The van der Waals surface area contributed by atoms with Crippen molar-refractivity contribution in [3.05, 3.63) is 59.2 Å². The van der Waals surface area contributed by atoms with Crippen LogP contribution in [0.2, 0.25) is 0 Å². The summed E-state index contributed by atoms with van der Waals surface area (Å²) in [7, 11) is 0. The summed E-state index contributed by atoms with van der Waals surface area (Å²) in [5.41, 5.74) is 4.13. The van der Waals surface area contributed by atoms with Crippen LogP contribution in [0.5, 0.6) is 0 Å². The van der Waals surface area contributed by atoms with Crippen molar-refractivity contribution in [3.63, 3.8) is 0 Å². The van der Waals surface area contributed by atoms with Crippen LogP contribution in [-0.2, 0) is 11.2 Å². The molecule has 1 aliphatic rings. The normalized spacial score (nSPS) is 21.0. The molecule has 0 fully saturated rings. The number of amides is 1. The number of carbonyl (C=O) groups is 1. The highest BCUT2D eigenvalue weighted by Gasteiger charge is 2.32. The molecule has 1 aliphatic heterocycles. The minimum absolute atomic E-state index is 0.297. The third-order valence-electron chi connectivity index (χ3n) is 3.92. The molecule has 114 valence electrons. The SMILES string of the molecule is CCc1ccc([C@H]2Sc3cc(C)ccc3NC(=O)[C@H]2O)cc1. The van der Waals surface area contributed by atoms with Crippen molar-refractivity contribution >= 4 is 23.4 Å². The van der Waals surface area contributed by atoms with Crippen LogP contribution in [0.4, 0.5) is 5.69 Å². The second kappa shape index (κ2) is 6.15. The second-order valence-electron chi connectivity index (χ2n) is 5.57. The van der Waals surface area contributed by atoms with Crippen molar-refractivity contribution in [2.45, 2.75) is 36.5 Å². The summed E-state index contributed by atoms with van der Waals surface area (Å²) < 4.78 is 0. The number of anilines is 1. The molecule has 1 heterocycles. The number of benzene rings is 2. The van der Waals surface area contributed by atoms with Crippen molar-refractivity contribution in [2.75, 3.05) is 5.32 Å². The van der Waals surface area contributed by atoms with E-state index in [1.807, 2.05) is 37.3 Å². The molecule has 3 rings (SSSR count). The zero-order chi connectivity index (χ0) is 15.7. The molecular weight excluding hydrogens is 294 g/mol. The number of carbonyl (C=O) groups excluding carboxylic acids is 1. The first-order chi connectivity index (χ1) is 10.6. The molecule has 3 nitrogen and oxygen atoms in total. The molecule has 2 aromatic rings. The average Bonchev–Trinajstić information content (AvgIpc) is 2.65. The van der Waals surface area contributed by atoms with Gasteiger partial charge < -0.3 is 10.4 Å². The molecule has 2 atom stereocenters. The Balaban J connectivity index is 2.00. The summed E-state index contributed by atoms with van der Waals surface area (Å²) in [5, 5.41) is 12.9. The lowest BCUT2D eigenvalue weighted by atomic mass is 10.0. The summed E-state index contributed by atoms with van der Waals surface area (Å²) in [4.78, 5) is 13.2. The van der Waals surface area contributed by atoms with E-state index in [4.69, 9.17) is 0 Å². The Labute approximate surface area is 134 Å². The quantitative estimate of drug-likeness (QED) is 0.888. The Bertz CT molecular complexity index is 697. The van der Waals surface area contributed by atoms with Crippen LogP contribution in [0.25, 0.3) is 0 Å². The fraction of sp³-hybridized carbons (Fsp3) is 0.278. The van der Waals surface area contributed by atoms with Crippen molar-refractivity contribution in [1.82, 2.24) is 0 Å². The largest absolute Gasteiger partial charge is 0.382 e. The molecule has 2 N–H and O–H groups in total. The third kappa shape index (κ3) is 2.89. The van der Waals surface area contributed by atoms with E-state index in [0.29, 0.717) is 0 Å². The molecule has 0 aromatic heterocycles. The smallest absolute Gasteiger partial charge is 0.254 e. The van der Waals surface area contributed by atoms with Gasteiger partial charge in [0, 0.05) is 4.90 Å². The monoisotopic (exact) mass is 313 g/mol. The zero-order valence-corrected chi connectivity index (χ0v) is 13.5. The average molecular weight is 313 g/mol. The highest BCUT2D eigenvalue weighted by Crippen LogP contribution is 2.44. The van der Waals surface area contributed by atoms with Gasteiger partial charge in [0.25, 0.3) is 5.91 Å². The molecule has 0 spiro atoms. The Morgan fingerprint density at radius 2 is 1.91 bits per heavy atom. The van der Waals surface area contributed by atoms with Crippen LogP contribution < -0.4 is 5.32 Å². The second-order valence-corrected chi connectivity index (χ2v) is 6.75. The number of thioether (sulfide) groups is 1. The van der Waals surface area contributed by atoms with Gasteiger partial charge in [-0.2, -0.15) is 0 Å². The van der Waals surface area contributed by atoms with Gasteiger partial charge in [-0.25, -0.2) is 0 Å². The predicted molar refractivity (Wildman–Crippen MR) is 90.2 cm³/mol. The Morgan fingerprint density at radius 1 is 1.18 bits per heavy atom. The number of hydrogen-bond acceptors (Lipinski definition) is 3. The fourth-order valence-electron chi connectivity index (χ4n) is 2.57. The van der Waals surface area contributed by atoms with Gasteiger partial charge in [0.1, 0.15) is 6.10 Å². The molecule has 4 heteroatoms. The maximum absolute atomic E-state index is 12.2. The molecule has 0 radical (unpaired) electrons. The van der Waals surface area contributed by atoms with Crippen LogP contribution in [0, 0.1) is 6.92 Å². The van der Waals surface area contributed by atoms with Gasteiger partial charge in [0.2, 0.25) is 0 Å². The van der Waals surface area contributed by atoms with E-state index in [2.05, 4.69) is 24.4 Å². The number of aliphatic hydroxyl groups is 1. The molecule has 0 aliphatic carbocycles. The maximum atomic E-state index is 12.2. The first-order valence-electron chi connectivity index (χ1n) is 7.43. The lowest BCUT2D eigenvalue weighted by Gasteiger charge is -2.19. The summed E-state index contributed by atoms with van der Waals surface area (Å²) in [6.45, 7) is 4.13. The van der Waals surface area contributed by atoms with Crippen LogP contribution >= 0.6 is 11.8 Å². The third-order valence-corrected chi connectivity index (χ3v) is 5.30. The zero-order valence-electron chi connectivity index (χ0n) is 12.7. The first-order valence-corrected chi connectivity index (χ1v) is 8.31. The van der Waals surface area contributed by atoms with Gasteiger partial charge >= 0.3 is 0 Å². The van der Waals surface area contributed by atoms with Crippen molar-refractivity contribution < 1.29 is 9.90 Å². The van der Waals surface area contributed by atoms with Gasteiger partial charge in [-0.05, 0) is 42.2 Å². The molecule has 0 saturated carbocycles. The lowest BCUT2D eigenvalue weighted by molar-refractivity contribution is -0.124. The lowest BCUT2D eigenvalue weighted by Crippen LogP contribution is -2.30. The highest BCUT2D eigenvalue weighted by atomic mass is 32.2. The molecule has 0 saturated heterocycles. The van der Waals surface area contributed by atoms with Crippen LogP contribution in [0.3, 0.4) is 0 Å². The topological polar surface area (TPSA) is 49.3 Å². The molecule has 22 heavy (non-hydrogen) atoms. The van der Waals surface area contributed by atoms with E-state index < -0.39 is 6.10 Å². The summed E-state index contributed by atoms with van der Waals surface area (Å²) in [5.74, 6) is -0.348. The molecule has 2 aromatic carbocycles. The van der Waals surface area contributed by atoms with Gasteiger partial charge in [-0.15, -0.1) is 11.8 Å². The van der Waals surface area contributed by atoms with E-state index in [-0.39, 0.29) is 11.2 Å². The van der Waals surface area contributed by atoms with Gasteiger partial charge in [0.15, 0.2) is 0 Å². The van der Waals surface area contributed by atoms with Crippen LogP contribution in [-0.4, -0.2) is 17.1 Å². The maximum Gasteiger partial charge on any atom is 0.254 e. The minimum atomic E-state index is -1.06. The van der Waals surface area contributed by atoms with Crippen molar-refractivity contribution in [1.29, 1.82) is 0 Å². The number of nitrogens with one attached hydrogen (secondary N) is 1. The van der Waals surface area contributed by atoms with E-state index >= 15 is 0 Å². The highest BCUT2D eigenvalue weighted by molar-refractivity contribution is 7.99. The Kier molecular flexibility index (Phi) is 4.23. The van der Waals surface area contributed by atoms with Gasteiger partial charge in [-0.1, -0.05) is 37.3 Å². The Hall–Kier alpha value is -1.78. The van der Waals surface area contributed by atoms with Crippen LogP contribution in [0.1, 0.15) is 28.9 Å². The van der Waals surface area contributed by atoms with Gasteiger partial charge in [-0.3, -0.25) is 4.79 Å². The van der Waals surface area contributed by atoms with Crippen LogP contribution in [0.15, 0.2) is 47.4 Å². The number of fused-ring (bicyclic) bond motifs is 1.